The molecule has 1 unspecified atom stereocenters. The lowest BCUT2D eigenvalue weighted by Gasteiger charge is -2.13. The maximum atomic E-state index is 12.3. The van der Waals surface area contributed by atoms with Crippen LogP contribution in [0.25, 0.3) is 0 Å². The number of aromatic nitrogens is 1. The van der Waals surface area contributed by atoms with E-state index in [1.54, 1.807) is 32.5 Å². The molecule has 0 saturated heterocycles. The van der Waals surface area contributed by atoms with Gasteiger partial charge in [0, 0.05) is 18.2 Å². The van der Waals surface area contributed by atoms with Crippen molar-refractivity contribution in [2.45, 2.75) is 19.1 Å². The normalized spacial score (nSPS) is 15.5. The molecule has 0 aliphatic carbocycles. The van der Waals surface area contributed by atoms with E-state index >= 15 is 0 Å². The predicted molar refractivity (Wildman–Crippen MR) is 98.2 cm³/mol. The topological polar surface area (TPSA) is 91.3 Å². The van der Waals surface area contributed by atoms with Crippen LogP contribution in [0.3, 0.4) is 0 Å². The molecule has 27 heavy (non-hydrogen) atoms. The van der Waals surface area contributed by atoms with E-state index in [9.17, 15) is 4.79 Å². The van der Waals surface area contributed by atoms with E-state index in [4.69, 9.17) is 19.0 Å². The van der Waals surface area contributed by atoms with Gasteiger partial charge in [-0.3, -0.25) is 9.78 Å². The minimum absolute atomic E-state index is 0.244. The van der Waals surface area contributed by atoms with Crippen molar-refractivity contribution in [1.29, 1.82) is 0 Å². The van der Waals surface area contributed by atoms with E-state index in [1.807, 2.05) is 18.2 Å². The Bertz CT molecular complexity index is 813. The lowest BCUT2D eigenvalue weighted by Crippen LogP contribution is -2.34. The molecule has 142 valence electrons. The van der Waals surface area contributed by atoms with Gasteiger partial charge in [-0.05, 0) is 24.3 Å². The monoisotopic (exact) mass is 371 g/mol. The van der Waals surface area contributed by atoms with Gasteiger partial charge in [-0.15, -0.1) is 0 Å². The van der Waals surface area contributed by atoms with Crippen LogP contribution in [0.2, 0.25) is 0 Å². The molecule has 1 amide bonds. The Labute approximate surface area is 157 Å². The first-order valence-electron chi connectivity index (χ1n) is 8.37. The summed E-state index contributed by atoms with van der Waals surface area (Å²) < 4.78 is 16.0. The lowest BCUT2D eigenvalue weighted by molar-refractivity contribution is -0.131. The van der Waals surface area contributed by atoms with Gasteiger partial charge in [0.05, 0.1) is 39.3 Å². The summed E-state index contributed by atoms with van der Waals surface area (Å²) in [5, 5.41) is 6.87. The molecule has 1 aromatic heterocycles. The van der Waals surface area contributed by atoms with Gasteiger partial charge in [-0.2, -0.15) is 0 Å². The number of benzene rings is 1. The van der Waals surface area contributed by atoms with Gasteiger partial charge in [0.25, 0.3) is 5.91 Å². The molecule has 0 spiro atoms. The van der Waals surface area contributed by atoms with E-state index in [1.165, 1.54) is 7.11 Å². The minimum Gasteiger partial charge on any atom is -0.493 e. The van der Waals surface area contributed by atoms with Crippen molar-refractivity contribution in [3.8, 4) is 17.2 Å². The molecule has 8 heteroatoms. The van der Waals surface area contributed by atoms with Crippen LogP contribution in [-0.2, 0) is 16.2 Å². The van der Waals surface area contributed by atoms with Gasteiger partial charge >= 0.3 is 0 Å². The maximum Gasteiger partial charge on any atom is 0.264 e. The molecule has 3 rings (SSSR count). The number of methoxy groups -OCH3 is 3. The SMILES string of the molecule is COc1cc(C2=NOC(C(=O)NCc3ccccn3)C2)cc(OC)c1OC. The molecule has 1 aromatic carbocycles. The molecule has 0 saturated carbocycles. The predicted octanol–water partition coefficient (Wildman–Crippen LogP) is 1.92. The van der Waals surface area contributed by atoms with Crippen LogP contribution >= 0.6 is 0 Å². The molecule has 0 bridgehead atoms. The molecule has 8 nitrogen and oxygen atoms in total. The first-order valence-corrected chi connectivity index (χ1v) is 8.37. The zero-order valence-corrected chi connectivity index (χ0v) is 15.4. The van der Waals surface area contributed by atoms with Crippen LogP contribution < -0.4 is 19.5 Å². The van der Waals surface area contributed by atoms with Gasteiger partial charge in [-0.25, -0.2) is 0 Å². The largest absolute Gasteiger partial charge is 0.493 e. The maximum absolute atomic E-state index is 12.3. The van der Waals surface area contributed by atoms with E-state index in [-0.39, 0.29) is 5.91 Å². The van der Waals surface area contributed by atoms with E-state index in [2.05, 4.69) is 15.5 Å². The molecule has 0 radical (unpaired) electrons. The fourth-order valence-electron chi connectivity index (χ4n) is 2.73. The summed E-state index contributed by atoms with van der Waals surface area (Å²) in [5.74, 6) is 1.27. The highest BCUT2D eigenvalue weighted by molar-refractivity contribution is 6.04. The van der Waals surface area contributed by atoms with Crippen LogP contribution in [0.5, 0.6) is 17.2 Å². The summed E-state index contributed by atoms with van der Waals surface area (Å²) in [5.41, 5.74) is 2.14. The van der Waals surface area contributed by atoms with Crippen molar-refractivity contribution < 1.29 is 23.8 Å². The highest BCUT2D eigenvalue weighted by Crippen LogP contribution is 2.39. The highest BCUT2D eigenvalue weighted by Gasteiger charge is 2.30. The minimum atomic E-state index is -0.692. The fourth-order valence-corrected chi connectivity index (χ4v) is 2.73. The molecule has 1 aliphatic rings. The molecule has 2 heterocycles. The van der Waals surface area contributed by atoms with E-state index in [0.717, 1.165) is 11.3 Å². The van der Waals surface area contributed by atoms with Crippen LogP contribution in [0, 0.1) is 0 Å². The number of pyridine rings is 1. The van der Waals surface area contributed by atoms with Crippen molar-refractivity contribution >= 4 is 11.6 Å². The fraction of sp³-hybridized carbons (Fsp3) is 0.316. The third kappa shape index (κ3) is 4.11. The summed E-state index contributed by atoms with van der Waals surface area (Å²) in [4.78, 5) is 21.8. The summed E-state index contributed by atoms with van der Waals surface area (Å²) in [6.07, 6.45) is 1.33. The van der Waals surface area contributed by atoms with Crippen molar-refractivity contribution in [3.63, 3.8) is 0 Å². The summed E-state index contributed by atoms with van der Waals surface area (Å²) in [7, 11) is 4.63. The summed E-state index contributed by atoms with van der Waals surface area (Å²) in [6.45, 7) is 0.332. The summed E-state index contributed by atoms with van der Waals surface area (Å²) >= 11 is 0. The summed E-state index contributed by atoms with van der Waals surface area (Å²) in [6, 6.07) is 9.08. The van der Waals surface area contributed by atoms with Gasteiger partial charge in [0.2, 0.25) is 11.9 Å². The Morgan fingerprint density at radius 1 is 1.19 bits per heavy atom. The van der Waals surface area contributed by atoms with Gasteiger partial charge in [0.15, 0.2) is 11.5 Å². The van der Waals surface area contributed by atoms with Crippen molar-refractivity contribution in [3.05, 3.63) is 47.8 Å². The number of oxime groups is 1. The van der Waals surface area contributed by atoms with Crippen LogP contribution in [-0.4, -0.2) is 44.0 Å². The highest BCUT2D eigenvalue weighted by atomic mass is 16.6. The first kappa shape index (κ1) is 18.5. The number of amides is 1. The van der Waals surface area contributed by atoms with Gasteiger partial charge in [-0.1, -0.05) is 11.2 Å². The Morgan fingerprint density at radius 3 is 2.52 bits per heavy atom. The number of carbonyl (C=O) groups excluding carboxylic acids is 1. The average Bonchev–Trinajstić information content (AvgIpc) is 3.22. The zero-order valence-electron chi connectivity index (χ0n) is 15.4. The standard InChI is InChI=1S/C19H21N3O5/c1-24-15-8-12(9-16(25-2)18(15)26-3)14-10-17(27-22-14)19(23)21-11-13-6-4-5-7-20-13/h4-9,17H,10-11H2,1-3H3,(H,21,23). The second-order valence-electron chi connectivity index (χ2n) is 5.79. The molecule has 1 N–H and O–H groups in total. The van der Waals surface area contributed by atoms with Crippen molar-refractivity contribution in [1.82, 2.24) is 10.3 Å². The Balaban J connectivity index is 1.67. The number of nitrogens with zero attached hydrogens (tertiary/aromatic N) is 2. The number of ether oxygens (including phenoxy) is 3. The smallest absolute Gasteiger partial charge is 0.264 e. The third-order valence-electron chi connectivity index (χ3n) is 4.13. The zero-order chi connectivity index (χ0) is 19.2. The lowest BCUT2D eigenvalue weighted by atomic mass is 10.0. The number of hydrogen-bond donors (Lipinski definition) is 1. The van der Waals surface area contributed by atoms with Crippen LogP contribution in [0.15, 0.2) is 41.7 Å². The van der Waals surface area contributed by atoms with Gasteiger partial charge < -0.3 is 24.4 Å². The Morgan fingerprint density at radius 2 is 1.93 bits per heavy atom. The number of rotatable bonds is 7. The second-order valence-corrected chi connectivity index (χ2v) is 5.79. The molecule has 1 atom stereocenters. The molecule has 0 fully saturated rings. The van der Waals surface area contributed by atoms with Crippen LogP contribution in [0.4, 0.5) is 0 Å². The third-order valence-corrected chi connectivity index (χ3v) is 4.13. The number of carbonyl (C=O) groups is 1. The average molecular weight is 371 g/mol. The van der Waals surface area contributed by atoms with Crippen molar-refractivity contribution in [2.75, 3.05) is 21.3 Å². The van der Waals surface area contributed by atoms with E-state index in [0.29, 0.717) is 35.9 Å². The Kier molecular flexibility index (Phi) is 5.75. The molecular weight excluding hydrogens is 350 g/mol. The van der Waals surface area contributed by atoms with Crippen molar-refractivity contribution in [2.24, 2.45) is 5.16 Å². The van der Waals surface area contributed by atoms with Crippen LogP contribution in [0.1, 0.15) is 17.7 Å². The number of hydrogen-bond acceptors (Lipinski definition) is 7. The molecule has 1 aliphatic heterocycles. The second kappa shape index (κ2) is 8.39. The quantitative estimate of drug-likeness (QED) is 0.800. The molecule has 2 aromatic rings. The first-order chi connectivity index (χ1) is 13.2. The van der Waals surface area contributed by atoms with Gasteiger partial charge in [0.1, 0.15) is 0 Å². The Hall–Kier alpha value is -3.29. The molecular formula is C19H21N3O5. The number of nitrogens with one attached hydrogen (secondary N) is 1. The van der Waals surface area contributed by atoms with E-state index < -0.39 is 6.10 Å².